The summed E-state index contributed by atoms with van der Waals surface area (Å²) in [6.07, 6.45) is 1.25. The summed E-state index contributed by atoms with van der Waals surface area (Å²) >= 11 is 0. The fraction of sp³-hybridized carbons (Fsp3) is 0.0909. The molecule has 8 heteroatoms. The number of sulfonamides is 1. The molecule has 0 unspecified atom stereocenters. The van der Waals surface area contributed by atoms with E-state index in [1.165, 1.54) is 36.0 Å². The van der Waals surface area contributed by atoms with Crippen LogP contribution in [0.2, 0.25) is 0 Å². The number of benzene rings is 1. The molecule has 0 amide bonds. The van der Waals surface area contributed by atoms with E-state index in [1.807, 2.05) is 0 Å². The van der Waals surface area contributed by atoms with Crippen LogP contribution in [0.3, 0.4) is 0 Å². The predicted octanol–water partition coefficient (Wildman–Crippen LogP) is 0.526. The first-order valence-corrected chi connectivity index (χ1v) is 6.77. The van der Waals surface area contributed by atoms with Crippen LogP contribution in [0.5, 0.6) is 0 Å². The van der Waals surface area contributed by atoms with E-state index in [4.69, 9.17) is 10.2 Å². The van der Waals surface area contributed by atoms with Crippen LogP contribution in [0.1, 0.15) is 16.1 Å². The maximum absolute atomic E-state index is 11.5. The smallest absolute Gasteiger partial charge is 0.339 e. The molecule has 0 spiro atoms. The molecule has 3 N–H and O–H groups in total. The Kier molecular flexibility index (Phi) is 3.13. The van der Waals surface area contributed by atoms with Gasteiger partial charge < -0.3 is 5.11 Å². The van der Waals surface area contributed by atoms with Gasteiger partial charge in [-0.05, 0) is 19.1 Å². The van der Waals surface area contributed by atoms with Crippen molar-refractivity contribution in [3.8, 4) is 5.69 Å². The van der Waals surface area contributed by atoms with Gasteiger partial charge in [-0.3, -0.25) is 0 Å². The summed E-state index contributed by atoms with van der Waals surface area (Å²) in [5.41, 5.74) is 0.501. The number of carboxylic acids is 1. The van der Waals surface area contributed by atoms with Gasteiger partial charge in [0.05, 0.1) is 11.4 Å². The first-order valence-electron chi connectivity index (χ1n) is 5.22. The van der Waals surface area contributed by atoms with E-state index in [2.05, 4.69) is 5.10 Å². The number of hydrogen-bond acceptors (Lipinski definition) is 4. The minimum atomic E-state index is -3.91. The highest BCUT2D eigenvalue weighted by Crippen LogP contribution is 2.19. The fourth-order valence-electron chi connectivity index (χ4n) is 1.68. The number of nitrogens with zero attached hydrogens (tertiary/aromatic N) is 2. The van der Waals surface area contributed by atoms with Gasteiger partial charge >= 0.3 is 5.97 Å². The van der Waals surface area contributed by atoms with Gasteiger partial charge in [0.2, 0.25) is 10.0 Å². The molecule has 19 heavy (non-hydrogen) atoms. The summed E-state index contributed by atoms with van der Waals surface area (Å²) in [7, 11) is -3.91. The van der Waals surface area contributed by atoms with Crippen molar-refractivity contribution in [2.45, 2.75) is 11.8 Å². The molecular weight excluding hydrogens is 270 g/mol. The molecule has 0 saturated heterocycles. The lowest BCUT2D eigenvalue weighted by Crippen LogP contribution is -2.15. The standard InChI is InChI=1S/C11H11N3O4S/c1-7-8(11(15)16)6-14(13-7)9-4-2-3-5-10(9)19(12,17)18/h2-6H,1H3,(H,15,16)(H2,12,17,18). The summed E-state index contributed by atoms with van der Waals surface area (Å²) < 4.78 is 24.1. The lowest BCUT2D eigenvalue weighted by atomic mass is 10.3. The van der Waals surface area contributed by atoms with Crippen LogP contribution in [0.25, 0.3) is 5.69 Å². The first kappa shape index (κ1) is 13.2. The van der Waals surface area contributed by atoms with Crippen molar-refractivity contribution in [1.29, 1.82) is 0 Å². The van der Waals surface area contributed by atoms with Gasteiger partial charge in [0.25, 0.3) is 0 Å². The molecule has 0 aliphatic heterocycles. The number of carbonyl (C=O) groups is 1. The van der Waals surface area contributed by atoms with Crippen LogP contribution in [0.4, 0.5) is 0 Å². The summed E-state index contributed by atoms with van der Waals surface area (Å²) in [5, 5.41) is 18.1. The predicted molar refractivity (Wildman–Crippen MR) is 66.6 cm³/mol. The summed E-state index contributed by atoms with van der Waals surface area (Å²) in [4.78, 5) is 10.8. The Balaban J connectivity index is 2.67. The van der Waals surface area contributed by atoms with Gasteiger partial charge in [0, 0.05) is 6.20 Å². The Morgan fingerprint density at radius 3 is 2.53 bits per heavy atom. The van der Waals surface area contributed by atoms with Crippen LogP contribution in [0, 0.1) is 6.92 Å². The van der Waals surface area contributed by atoms with Gasteiger partial charge in [0.15, 0.2) is 0 Å². The minimum Gasteiger partial charge on any atom is -0.478 e. The zero-order valence-corrected chi connectivity index (χ0v) is 10.8. The Morgan fingerprint density at radius 2 is 2.00 bits per heavy atom. The van der Waals surface area contributed by atoms with E-state index in [-0.39, 0.29) is 21.8 Å². The van der Waals surface area contributed by atoms with Crippen LogP contribution in [-0.2, 0) is 10.0 Å². The highest BCUT2D eigenvalue weighted by Gasteiger charge is 2.18. The lowest BCUT2D eigenvalue weighted by Gasteiger charge is -2.06. The Bertz CT molecular complexity index is 749. The molecule has 0 aliphatic carbocycles. The largest absolute Gasteiger partial charge is 0.478 e. The van der Waals surface area contributed by atoms with Crippen LogP contribution in [-0.4, -0.2) is 29.3 Å². The SMILES string of the molecule is Cc1nn(-c2ccccc2S(N)(=O)=O)cc1C(=O)O. The highest BCUT2D eigenvalue weighted by atomic mass is 32.2. The third kappa shape index (κ3) is 2.49. The Morgan fingerprint density at radius 1 is 1.37 bits per heavy atom. The summed E-state index contributed by atoms with van der Waals surface area (Å²) in [6.45, 7) is 1.53. The monoisotopic (exact) mass is 281 g/mol. The maximum Gasteiger partial charge on any atom is 0.339 e. The first-order chi connectivity index (χ1) is 8.80. The second-order valence-corrected chi connectivity index (χ2v) is 5.42. The number of rotatable bonds is 3. The zero-order chi connectivity index (χ0) is 14.2. The molecule has 7 nitrogen and oxygen atoms in total. The van der Waals surface area contributed by atoms with E-state index in [1.54, 1.807) is 6.07 Å². The quantitative estimate of drug-likeness (QED) is 0.851. The van der Waals surface area contributed by atoms with Crippen molar-refractivity contribution in [2.24, 2.45) is 5.14 Å². The molecule has 0 aliphatic rings. The Hall–Kier alpha value is -2.19. The van der Waals surface area contributed by atoms with Crippen molar-refractivity contribution in [1.82, 2.24) is 9.78 Å². The second-order valence-electron chi connectivity index (χ2n) is 3.89. The summed E-state index contributed by atoms with van der Waals surface area (Å²) in [5.74, 6) is -1.13. The van der Waals surface area contributed by atoms with Crippen LogP contribution < -0.4 is 5.14 Å². The van der Waals surface area contributed by atoms with Crippen molar-refractivity contribution in [3.05, 3.63) is 41.7 Å². The normalized spacial score (nSPS) is 11.5. The number of para-hydroxylation sites is 1. The number of carboxylic acid groups (broad SMARTS) is 1. The second kappa shape index (κ2) is 4.48. The molecule has 2 aromatic rings. The van der Waals surface area contributed by atoms with Gasteiger partial charge in [0.1, 0.15) is 10.5 Å². The molecule has 100 valence electrons. The van der Waals surface area contributed by atoms with E-state index < -0.39 is 16.0 Å². The molecule has 2 rings (SSSR count). The van der Waals surface area contributed by atoms with Crippen molar-refractivity contribution in [3.63, 3.8) is 0 Å². The average molecular weight is 281 g/mol. The van der Waals surface area contributed by atoms with Crippen molar-refractivity contribution < 1.29 is 18.3 Å². The van der Waals surface area contributed by atoms with Crippen LogP contribution in [0.15, 0.2) is 35.4 Å². The number of aromatic carboxylic acids is 1. The van der Waals surface area contributed by atoms with Gasteiger partial charge in [-0.2, -0.15) is 5.10 Å². The van der Waals surface area contributed by atoms with Crippen molar-refractivity contribution >= 4 is 16.0 Å². The van der Waals surface area contributed by atoms with Gasteiger partial charge in [-0.15, -0.1) is 0 Å². The minimum absolute atomic E-state index is 0.00391. The third-order valence-corrected chi connectivity index (χ3v) is 3.51. The molecule has 0 bridgehead atoms. The van der Waals surface area contributed by atoms with Crippen molar-refractivity contribution in [2.75, 3.05) is 0 Å². The molecule has 0 saturated carbocycles. The zero-order valence-electron chi connectivity index (χ0n) is 9.94. The molecule has 0 atom stereocenters. The van der Waals surface area contributed by atoms with E-state index in [0.29, 0.717) is 0 Å². The molecule has 1 aromatic heterocycles. The number of hydrogen-bond donors (Lipinski definition) is 2. The number of aryl methyl sites for hydroxylation is 1. The molecule has 1 aromatic carbocycles. The van der Waals surface area contributed by atoms with E-state index in [0.717, 1.165) is 0 Å². The third-order valence-electron chi connectivity index (χ3n) is 2.55. The Labute approximate surface area is 109 Å². The molecule has 0 fully saturated rings. The maximum atomic E-state index is 11.5. The van der Waals surface area contributed by atoms with Gasteiger partial charge in [-0.25, -0.2) is 23.0 Å². The lowest BCUT2D eigenvalue weighted by molar-refractivity contribution is 0.0696. The molecule has 0 radical (unpaired) electrons. The molecule has 1 heterocycles. The molecular formula is C11H11N3O4S. The van der Waals surface area contributed by atoms with Gasteiger partial charge in [-0.1, -0.05) is 12.1 Å². The average Bonchev–Trinajstić information content (AvgIpc) is 2.70. The van der Waals surface area contributed by atoms with E-state index in [9.17, 15) is 13.2 Å². The highest BCUT2D eigenvalue weighted by molar-refractivity contribution is 7.89. The topological polar surface area (TPSA) is 115 Å². The fourth-order valence-corrected chi connectivity index (χ4v) is 2.40. The summed E-state index contributed by atoms with van der Waals surface area (Å²) in [6, 6.07) is 5.97. The number of aromatic nitrogens is 2. The van der Waals surface area contributed by atoms with Crippen LogP contribution >= 0.6 is 0 Å². The van der Waals surface area contributed by atoms with E-state index >= 15 is 0 Å². The number of primary sulfonamides is 1. The number of nitrogens with two attached hydrogens (primary N) is 1.